The molecule has 1 saturated heterocycles. The second-order valence-corrected chi connectivity index (χ2v) is 6.31. The van der Waals surface area contributed by atoms with Gasteiger partial charge in [-0.3, -0.25) is 9.78 Å². The van der Waals surface area contributed by atoms with Crippen LogP contribution < -0.4 is 0 Å². The first kappa shape index (κ1) is 15.9. The van der Waals surface area contributed by atoms with Crippen LogP contribution in [0, 0.1) is 0 Å². The highest BCUT2D eigenvalue weighted by atomic mass is 32.2. The van der Waals surface area contributed by atoms with E-state index in [-0.39, 0.29) is 24.4 Å². The van der Waals surface area contributed by atoms with Gasteiger partial charge in [0.2, 0.25) is 0 Å². The average Bonchev–Trinajstić information content (AvgIpc) is 3.08. The van der Waals surface area contributed by atoms with Crippen LogP contribution in [-0.4, -0.2) is 55.8 Å². The van der Waals surface area contributed by atoms with Crippen molar-refractivity contribution in [3.05, 3.63) is 42.5 Å². The Morgan fingerprint density at radius 2 is 2.17 bits per heavy atom. The van der Waals surface area contributed by atoms with Crippen molar-refractivity contribution in [3.8, 4) is 5.69 Å². The lowest BCUT2D eigenvalue weighted by Gasteiger charge is -2.33. The summed E-state index contributed by atoms with van der Waals surface area (Å²) in [6.45, 7) is -0.0508. The van der Waals surface area contributed by atoms with Gasteiger partial charge >= 0.3 is 6.18 Å². The highest BCUT2D eigenvalue weighted by Crippen LogP contribution is 2.34. The predicted molar refractivity (Wildman–Crippen MR) is 79.6 cm³/mol. The lowest BCUT2D eigenvalue weighted by Crippen LogP contribution is -2.47. The zero-order valence-electron chi connectivity index (χ0n) is 11.9. The molecule has 3 heterocycles. The van der Waals surface area contributed by atoms with Gasteiger partial charge in [-0.25, -0.2) is 4.68 Å². The van der Waals surface area contributed by atoms with Crippen LogP contribution in [0.15, 0.2) is 36.9 Å². The van der Waals surface area contributed by atoms with Gasteiger partial charge in [0.1, 0.15) is 5.25 Å². The molecule has 2 aromatic rings. The van der Waals surface area contributed by atoms with Gasteiger partial charge in [-0.1, -0.05) is 0 Å². The molecule has 0 bridgehead atoms. The monoisotopic (exact) mass is 342 g/mol. The summed E-state index contributed by atoms with van der Waals surface area (Å²) < 4.78 is 40.2. The Labute approximate surface area is 134 Å². The molecule has 23 heavy (non-hydrogen) atoms. The van der Waals surface area contributed by atoms with Gasteiger partial charge < -0.3 is 4.90 Å². The summed E-state index contributed by atoms with van der Waals surface area (Å²) in [7, 11) is 0. The second kappa shape index (κ2) is 6.23. The first-order valence-electron chi connectivity index (χ1n) is 6.88. The van der Waals surface area contributed by atoms with Gasteiger partial charge in [-0.15, -0.1) is 11.8 Å². The molecule has 1 aliphatic heterocycles. The molecule has 9 heteroatoms. The van der Waals surface area contributed by atoms with E-state index in [4.69, 9.17) is 0 Å². The summed E-state index contributed by atoms with van der Waals surface area (Å²) in [5, 5.41) is 2.50. The van der Waals surface area contributed by atoms with Crippen molar-refractivity contribution >= 4 is 17.7 Å². The lowest BCUT2D eigenvalue weighted by molar-refractivity contribution is -0.131. The molecule has 0 N–H and O–H groups in total. The summed E-state index contributed by atoms with van der Waals surface area (Å²) >= 11 is 0.840. The van der Waals surface area contributed by atoms with Crippen LogP contribution in [-0.2, 0) is 0 Å². The third-order valence-corrected chi connectivity index (χ3v) is 4.74. The Hall–Kier alpha value is -2.03. The van der Waals surface area contributed by atoms with E-state index in [9.17, 15) is 18.0 Å². The maximum atomic E-state index is 12.9. The van der Waals surface area contributed by atoms with Crippen LogP contribution in [0.4, 0.5) is 13.2 Å². The van der Waals surface area contributed by atoms with Crippen molar-refractivity contribution in [1.29, 1.82) is 0 Å². The quantitative estimate of drug-likeness (QED) is 0.841. The van der Waals surface area contributed by atoms with E-state index in [0.29, 0.717) is 5.69 Å². The van der Waals surface area contributed by atoms with Gasteiger partial charge in [0.15, 0.2) is 0 Å². The summed E-state index contributed by atoms with van der Waals surface area (Å²) in [4.78, 5) is 17.9. The standard InChI is InChI=1S/C14H13F3N4OS/c15-14(16,17)12-9-20(6-7-23-12)13(22)10-2-4-18-8-11(10)21-5-1-3-19-21/h1-5,8,12H,6-7,9H2. The number of amides is 1. The minimum atomic E-state index is -4.31. The topological polar surface area (TPSA) is 51.0 Å². The van der Waals surface area contributed by atoms with Crippen LogP contribution in [0.3, 0.4) is 0 Å². The Morgan fingerprint density at radius 3 is 2.87 bits per heavy atom. The zero-order valence-corrected chi connectivity index (χ0v) is 12.7. The molecule has 122 valence electrons. The molecule has 1 aliphatic rings. The van der Waals surface area contributed by atoms with E-state index in [0.717, 1.165) is 11.8 Å². The number of pyridine rings is 1. The number of carbonyl (C=O) groups excluding carboxylic acids is 1. The molecule has 0 aliphatic carbocycles. The fourth-order valence-corrected chi connectivity index (χ4v) is 3.45. The normalized spacial score (nSPS) is 18.9. The third-order valence-electron chi connectivity index (χ3n) is 3.50. The van der Waals surface area contributed by atoms with E-state index in [1.54, 1.807) is 18.5 Å². The summed E-state index contributed by atoms with van der Waals surface area (Å²) in [5.74, 6) is -0.176. The van der Waals surface area contributed by atoms with E-state index < -0.39 is 17.3 Å². The van der Waals surface area contributed by atoms with Gasteiger partial charge in [-0.05, 0) is 12.1 Å². The number of aromatic nitrogens is 3. The average molecular weight is 342 g/mol. The fraction of sp³-hybridized carbons (Fsp3) is 0.357. The van der Waals surface area contributed by atoms with Gasteiger partial charge in [0, 0.05) is 37.4 Å². The number of alkyl halides is 3. The Kier molecular flexibility index (Phi) is 4.29. The molecule has 1 fully saturated rings. The molecule has 0 aromatic carbocycles. The molecule has 1 atom stereocenters. The van der Waals surface area contributed by atoms with Crippen molar-refractivity contribution in [2.24, 2.45) is 0 Å². The summed E-state index contributed by atoms with van der Waals surface area (Å²) in [5.41, 5.74) is 0.737. The molecule has 1 unspecified atom stereocenters. The van der Waals surface area contributed by atoms with E-state index in [1.807, 2.05) is 0 Å². The van der Waals surface area contributed by atoms with E-state index >= 15 is 0 Å². The van der Waals surface area contributed by atoms with Crippen LogP contribution in [0.25, 0.3) is 5.69 Å². The molecule has 2 aromatic heterocycles. The van der Waals surface area contributed by atoms with Crippen LogP contribution in [0.5, 0.6) is 0 Å². The number of nitrogens with zero attached hydrogens (tertiary/aromatic N) is 4. The van der Waals surface area contributed by atoms with Crippen molar-refractivity contribution in [2.45, 2.75) is 11.4 Å². The highest BCUT2D eigenvalue weighted by Gasteiger charge is 2.43. The SMILES string of the molecule is O=C(c1ccncc1-n1cccn1)N1CCSC(C(F)(F)F)C1. The summed E-state index contributed by atoms with van der Waals surface area (Å²) in [6, 6.07) is 3.20. The second-order valence-electron chi connectivity index (χ2n) is 5.00. The molecule has 0 saturated carbocycles. The molecule has 0 spiro atoms. The Morgan fingerprint density at radius 1 is 1.35 bits per heavy atom. The molecular weight excluding hydrogens is 329 g/mol. The maximum Gasteiger partial charge on any atom is 0.402 e. The number of rotatable bonds is 2. The Bertz CT molecular complexity index is 690. The first-order valence-corrected chi connectivity index (χ1v) is 7.93. The van der Waals surface area contributed by atoms with Crippen molar-refractivity contribution < 1.29 is 18.0 Å². The molecular formula is C14H13F3N4OS. The highest BCUT2D eigenvalue weighted by molar-refractivity contribution is 8.00. The predicted octanol–water partition coefficient (Wildman–Crippen LogP) is 2.39. The van der Waals surface area contributed by atoms with Gasteiger partial charge in [0.05, 0.1) is 17.4 Å². The minimum absolute atomic E-state index is 0.262. The fourth-order valence-electron chi connectivity index (χ4n) is 2.36. The Balaban J connectivity index is 1.87. The largest absolute Gasteiger partial charge is 0.402 e. The lowest BCUT2D eigenvalue weighted by atomic mass is 10.2. The van der Waals surface area contributed by atoms with Crippen molar-refractivity contribution in [2.75, 3.05) is 18.8 Å². The maximum absolute atomic E-state index is 12.9. The molecule has 1 amide bonds. The minimum Gasteiger partial charge on any atom is -0.336 e. The third kappa shape index (κ3) is 3.34. The number of hydrogen-bond acceptors (Lipinski definition) is 4. The van der Waals surface area contributed by atoms with Crippen LogP contribution in [0.1, 0.15) is 10.4 Å². The first-order chi connectivity index (χ1) is 11.0. The molecule has 0 radical (unpaired) electrons. The number of halogens is 3. The van der Waals surface area contributed by atoms with E-state index in [1.165, 1.54) is 28.0 Å². The van der Waals surface area contributed by atoms with E-state index in [2.05, 4.69) is 10.1 Å². The van der Waals surface area contributed by atoms with Crippen LogP contribution >= 0.6 is 11.8 Å². The number of thioether (sulfide) groups is 1. The van der Waals surface area contributed by atoms with Crippen LogP contribution in [0.2, 0.25) is 0 Å². The van der Waals surface area contributed by atoms with Crippen molar-refractivity contribution in [1.82, 2.24) is 19.7 Å². The van der Waals surface area contributed by atoms with Crippen molar-refractivity contribution in [3.63, 3.8) is 0 Å². The van der Waals surface area contributed by atoms with Gasteiger partial charge in [-0.2, -0.15) is 18.3 Å². The smallest absolute Gasteiger partial charge is 0.336 e. The molecule has 5 nitrogen and oxygen atoms in total. The van der Waals surface area contributed by atoms with Gasteiger partial charge in [0.25, 0.3) is 5.91 Å². The molecule has 3 rings (SSSR count). The number of hydrogen-bond donors (Lipinski definition) is 0. The summed E-state index contributed by atoms with van der Waals surface area (Å²) in [6.07, 6.45) is 1.81. The number of carbonyl (C=O) groups is 1. The zero-order chi connectivity index (χ0) is 16.4.